The van der Waals surface area contributed by atoms with Gasteiger partial charge < -0.3 is 11.1 Å². The van der Waals surface area contributed by atoms with Gasteiger partial charge in [-0.3, -0.25) is 4.99 Å². The molecule has 0 aliphatic carbocycles. The van der Waals surface area contributed by atoms with E-state index in [1.165, 1.54) is 0 Å². The van der Waals surface area contributed by atoms with Crippen LogP contribution in [0.25, 0.3) is 0 Å². The Balaban J connectivity index is 2.75. The summed E-state index contributed by atoms with van der Waals surface area (Å²) < 4.78 is 0. The Labute approximate surface area is 95.3 Å². The topological polar surface area (TPSA) is 50.4 Å². The second-order valence-electron chi connectivity index (χ2n) is 3.38. The van der Waals surface area contributed by atoms with Gasteiger partial charge in [0.1, 0.15) is 0 Å². The van der Waals surface area contributed by atoms with E-state index in [-0.39, 0.29) is 0 Å². The van der Waals surface area contributed by atoms with Gasteiger partial charge in [-0.2, -0.15) is 0 Å². The summed E-state index contributed by atoms with van der Waals surface area (Å²) in [5.74, 6) is 0.407. The highest BCUT2D eigenvalue weighted by Gasteiger charge is 2.00. The van der Waals surface area contributed by atoms with Crippen molar-refractivity contribution in [2.45, 2.75) is 20.3 Å². The Morgan fingerprint density at radius 1 is 1.53 bits per heavy atom. The number of hydrogen-bond acceptors (Lipinski definition) is 1. The Bertz CT molecular complexity index is 361. The van der Waals surface area contributed by atoms with Crippen molar-refractivity contribution in [3.05, 3.63) is 28.8 Å². The third-order valence-corrected chi connectivity index (χ3v) is 2.22. The van der Waals surface area contributed by atoms with E-state index < -0.39 is 0 Å². The summed E-state index contributed by atoms with van der Waals surface area (Å²) in [6.45, 7) is 4.78. The number of guanidine groups is 1. The average molecular weight is 226 g/mol. The van der Waals surface area contributed by atoms with Gasteiger partial charge in [-0.05, 0) is 31.0 Å². The summed E-state index contributed by atoms with van der Waals surface area (Å²) in [6, 6.07) is 5.73. The first-order valence-corrected chi connectivity index (χ1v) is 5.34. The number of hydrogen-bond donors (Lipinski definition) is 2. The fourth-order valence-corrected chi connectivity index (χ4v) is 1.31. The molecule has 15 heavy (non-hydrogen) atoms. The zero-order valence-electron chi connectivity index (χ0n) is 9.05. The molecule has 4 heteroatoms. The Morgan fingerprint density at radius 3 is 2.93 bits per heavy atom. The quantitative estimate of drug-likeness (QED) is 0.614. The monoisotopic (exact) mass is 225 g/mol. The summed E-state index contributed by atoms with van der Waals surface area (Å²) in [5, 5.41) is 3.63. The standard InChI is InChI=1S/C11H16ClN3/c1-3-6-14-11(13)15-10-7-8(2)4-5-9(10)12/h4-5,7H,3,6H2,1-2H3,(H3,13,14,15). The first kappa shape index (κ1) is 11.9. The lowest BCUT2D eigenvalue weighted by Crippen LogP contribution is -2.23. The van der Waals surface area contributed by atoms with E-state index >= 15 is 0 Å². The molecule has 1 rings (SSSR count). The average Bonchev–Trinajstić information content (AvgIpc) is 2.20. The summed E-state index contributed by atoms with van der Waals surface area (Å²) >= 11 is 6.00. The molecule has 0 saturated carbocycles. The Hall–Kier alpha value is -1.22. The largest absolute Gasteiger partial charge is 0.370 e. The van der Waals surface area contributed by atoms with Gasteiger partial charge in [0.05, 0.1) is 10.7 Å². The molecule has 82 valence electrons. The summed E-state index contributed by atoms with van der Waals surface area (Å²) in [6.07, 6.45) is 0.976. The lowest BCUT2D eigenvalue weighted by molar-refractivity contribution is 0.929. The van der Waals surface area contributed by atoms with Crippen LogP contribution in [0.1, 0.15) is 18.9 Å². The fraction of sp³-hybridized carbons (Fsp3) is 0.364. The maximum Gasteiger partial charge on any atom is 0.193 e. The molecule has 0 bridgehead atoms. The summed E-state index contributed by atoms with van der Waals surface area (Å²) in [5.41, 5.74) is 7.62. The van der Waals surface area contributed by atoms with Crippen molar-refractivity contribution in [1.82, 2.24) is 0 Å². The van der Waals surface area contributed by atoms with E-state index in [1.807, 2.05) is 25.1 Å². The van der Waals surface area contributed by atoms with Crippen LogP contribution in [0.3, 0.4) is 0 Å². The maximum absolute atomic E-state index is 6.00. The third kappa shape index (κ3) is 3.80. The number of rotatable bonds is 3. The lowest BCUT2D eigenvalue weighted by atomic mass is 10.2. The molecule has 0 amide bonds. The highest BCUT2D eigenvalue weighted by atomic mass is 35.5. The van der Waals surface area contributed by atoms with Crippen LogP contribution >= 0.6 is 11.6 Å². The van der Waals surface area contributed by atoms with Crippen LogP contribution in [-0.2, 0) is 0 Å². The smallest absolute Gasteiger partial charge is 0.193 e. The van der Waals surface area contributed by atoms with Gasteiger partial charge in [0, 0.05) is 6.54 Å². The highest BCUT2D eigenvalue weighted by molar-refractivity contribution is 6.33. The van der Waals surface area contributed by atoms with Crippen molar-refractivity contribution in [3.8, 4) is 0 Å². The van der Waals surface area contributed by atoms with Gasteiger partial charge in [-0.15, -0.1) is 0 Å². The van der Waals surface area contributed by atoms with Gasteiger partial charge in [-0.1, -0.05) is 24.6 Å². The molecule has 0 atom stereocenters. The Kier molecular flexibility index (Phi) is 4.43. The molecule has 1 aromatic carbocycles. The number of halogens is 1. The van der Waals surface area contributed by atoms with Gasteiger partial charge in [0.2, 0.25) is 0 Å². The number of anilines is 1. The number of aryl methyl sites for hydroxylation is 1. The summed E-state index contributed by atoms with van der Waals surface area (Å²) in [7, 11) is 0. The second-order valence-corrected chi connectivity index (χ2v) is 3.78. The number of benzene rings is 1. The fourth-order valence-electron chi connectivity index (χ4n) is 1.14. The number of nitrogens with one attached hydrogen (secondary N) is 1. The molecular formula is C11H16ClN3. The summed E-state index contributed by atoms with van der Waals surface area (Å²) in [4.78, 5) is 4.13. The van der Waals surface area contributed by atoms with Crippen LogP contribution in [0.2, 0.25) is 5.02 Å². The lowest BCUT2D eigenvalue weighted by Gasteiger charge is -2.08. The first-order valence-electron chi connectivity index (χ1n) is 4.96. The highest BCUT2D eigenvalue weighted by Crippen LogP contribution is 2.22. The van der Waals surface area contributed by atoms with E-state index in [0.29, 0.717) is 11.0 Å². The molecule has 0 saturated heterocycles. The molecule has 1 aromatic rings. The van der Waals surface area contributed by atoms with Crippen molar-refractivity contribution in [2.24, 2.45) is 10.7 Å². The molecule has 0 radical (unpaired) electrons. The van der Waals surface area contributed by atoms with Crippen molar-refractivity contribution in [1.29, 1.82) is 0 Å². The zero-order chi connectivity index (χ0) is 11.3. The Morgan fingerprint density at radius 2 is 2.27 bits per heavy atom. The van der Waals surface area contributed by atoms with Crippen LogP contribution in [-0.4, -0.2) is 12.5 Å². The first-order chi connectivity index (χ1) is 7.13. The van der Waals surface area contributed by atoms with Gasteiger partial charge >= 0.3 is 0 Å². The van der Waals surface area contributed by atoms with Crippen LogP contribution in [0, 0.1) is 6.92 Å². The molecule has 0 unspecified atom stereocenters. The van der Waals surface area contributed by atoms with Crippen LogP contribution in [0.5, 0.6) is 0 Å². The van der Waals surface area contributed by atoms with Gasteiger partial charge in [0.25, 0.3) is 0 Å². The SMILES string of the molecule is CCCN=C(N)Nc1cc(C)ccc1Cl. The van der Waals surface area contributed by atoms with Crippen molar-refractivity contribution < 1.29 is 0 Å². The molecule has 0 aliphatic heterocycles. The van der Waals surface area contributed by atoms with Crippen LogP contribution < -0.4 is 11.1 Å². The predicted octanol–water partition coefficient (Wildman–Crippen LogP) is 2.79. The molecular weight excluding hydrogens is 210 g/mol. The number of nitrogens with zero attached hydrogens (tertiary/aromatic N) is 1. The molecule has 0 aliphatic rings. The van der Waals surface area contributed by atoms with Crippen molar-refractivity contribution >= 4 is 23.2 Å². The van der Waals surface area contributed by atoms with Crippen molar-refractivity contribution in [3.63, 3.8) is 0 Å². The van der Waals surface area contributed by atoms with E-state index in [0.717, 1.165) is 24.2 Å². The molecule has 0 heterocycles. The van der Waals surface area contributed by atoms with E-state index in [9.17, 15) is 0 Å². The second kappa shape index (κ2) is 5.61. The molecule has 0 aromatic heterocycles. The number of aliphatic imine (C=N–C) groups is 1. The minimum atomic E-state index is 0.407. The minimum absolute atomic E-state index is 0.407. The minimum Gasteiger partial charge on any atom is -0.370 e. The van der Waals surface area contributed by atoms with E-state index in [2.05, 4.69) is 17.2 Å². The zero-order valence-corrected chi connectivity index (χ0v) is 9.80. The molecule has 0 spiro atoms. The third-order valence-electron chi connectivity index (χ3n) is 1.89. The molecule has 0 fully saturated rings. The normalized spacial score (nSPS) is 11.5. The predicted molar refractivity (Wildman–Crippen MR) is 66.6 cm³/mol. The molecule has 3 N–H and O–H groups in total. The maximum atomic E-state index is 6.00. The van der Waals surface area contributed by atoms with E-state index in [4.69, 9.17) is 17.3 Å². The number of nitrogens with two attached hydrogens (primary N) is 1. The van der Waals surface area contributed by atoms with E-state index in [1.54, 1.807) is 0 Å². The van der Waals surface area contributed by atoms with Crippen LogP contribution in [0.15, 0.2) is 23.2 Å². The van der Waals surface area contributed by atoms with Crippen LogP contribution in [0.4, 0.5) is 5.69 Å². The van der Waals surface area contributed by atoms with Gasteiger partial charge in [-0.25, -0.2) is 0 Å². The van der Waals surface area contributed by atoms with Crippen molar-refractivity contribution in [2.75, 3.05) is 11.9 Å². The van der Waals surface area contributed by atoms with Gasteiger partial charge in [0.15, 0.2) is 5.96 Å². The molecule has 3 nitrogen and oxygen atoms in total.